The van der Waals surface area contributed by atoms with Crippen molar-refractivity contribution in [2.75, 3.05) is 17.7 Å². The van der Waals surface area contributed by atoms with E-state index in [1.807, 2.05) is 0 Å². The minimum atomic E-state index is -0.401. The van der Waals surface area contributed by atoms with Crippen LogP contribution in [0, 0.1) is 0 Å². The number of hydrogen-bond acceptors (Lipinski definition) is 5. The van der Waals surface area contributed by atoms with Crippen molar-refractivity contribution in [2.24, 2.45) is 0 Å². The Kier molecular flexibility index (Phi) is 6.08. The van der Waals surface area contributed by atoms with Gasteiger partial charge in [-0.25, -0.2) is 4.68 Å². The number of aromatic nitrogens is 2. The van der Waals surface area contributed by atoms with Crippen LogP contribution in [0.5, 0.6) is 5.75 Å². The molecule has 2 aromatic rings. The number of amides is 2. The van der Waals surface area contributed by atoms with E-state index in [9.17, 15) is 14.4 Å². The van der Waals surface area contributed by atoms with E-state index in [0.29, 0.717) is 17.1 Å². The van der Waals surface area contributed by atoms with Crippen LogP contribution < -0.4 is 20.9 Å². The average Bonchev–Trinajstić information content (AvgIpc) is 2.86. The molecule has 28 heavy (non-hydrogen) atoms. The zero-order chi connectivity index (χ0) is 20.1. The van der Waals surface area contributed by atoms with Gasteiger partial charge in [-0.1, -0.05) is 6.42 Å². The van der Waals surface area contributed by atoms with Gasteiger partial charge in [0.05, 0.1) is 18.5 Å². The SMILES string of the molecule is COc1ccc(NC(C)=O)cc1NC(=O)Cn1nc2c(cc1=O)CCCCC2. The number of carbonyl (C=O) groups is 2. The van der Waals surface area contributed by atoms with E-state index >= 15 is 0 Å². The van der Waals surface area contributed by atoms with Crippen LogP contribution in [-0.4, -0.2) is 28.7 Å². The lowest BCUT2D eigenvalue weighted by Gasteiger charge is -2.13. The number of benzene rings is 1. The summed E-state index contributed by atoms with van der Waals surface area (Å²) in [5, 5.41) is 9.79. The zero-order valence-corrected chi connectivity index (χ0v) is 16.1. The van der Waals surface area contributed by atoms with Crippen molar-refractivity contribution in [1.82, 2.24) is 9.78 Å². The number of nitrogens with zero attached hydrogens (tertiary/aromatic N) is 2. The normalized spacial score (nSPS) is 13.2. The van der Waals surface area contributed by atoms with Crippen LogP contribution in [-0.2, 0) is 29.0 Å². The van der Waals surface area contributed by atoms with Gasteiger partial charge in [-0.15, -0.1) is 0 Å². The molecule has 8 nitrogen and oxygen atoms in total. The van der Waals surface area contributed by atoms with E-state index in [2.05, 4.69) is 15.7 Å². The van der Waals surface area contributed by atoms with Gasteiger partial charge >= 0.3 is 0 Å². The summed E-state index contributed by atoms with van der Waals surface area (Å²) < 4.78 is 6.45. The Morgan fingerprint density at radius 3 is 2.68 bits per heavy atom. The Morgan fingerprint density at radius 2 is 1.93 bits per heavy atom. The first-order chi connectivity index (χ1) is 13.5. The van der Waals surface area contributed by atoms with E-state index in [-0.39, 0.29) is 18.0 Å². The fourth-order valence-corrected chi connectivity index (χ4v) is 3.30. The summed E-state index contributed by atoms with van der Waals surface area (Å²) in [4.78, 5) is 36.1. The van der Waals surface area contributed by atoms with Crippen molar-refractivity contribution in [3.63, 3.8) is 0 Å². The highest BCUT2D eigenvalue weighted by atomic mass is 16.5. The van der Waals surface area contributed by atoms with E-state index in [0.717, 1.165) is 43.4 Å². The third-order valence-electron chi connectivity index (χ3n) is 4.61. The molecule has 8 heteroatoms. The molecule has 0 radical (unpaired) electrons. The molecule has 0 aliphatic heterocycles. The summed E-state index contributed by atoms with van der Waals surface area (Å²) in [5.74, 6) is -0.172. The number of anilines is 2. The van der Waals surface area contributed by atoms with Gasteiger partial charge < -0.3 is 15.4 Å². The summed E-state index contributed by atoms with van der Waals surface area (Å²) in [7, 11) is 1.49. The number of aryl methyl sites for hydroxylation is 2. The first-order valence-electron chi connectivity index (χ1n) is 9.31. The maximum atomic E-state index is 12.5. The molecule has 2 amide bonds. The Labute approximate surface area is 162 Å². The number of hydrogen-bond donors (Lipinski definition) is 2. The predicted molar refractivity (Wildman–Crippen MR) is 106 cm³/mol. The van der Waals surface area contributed by atoms with Crippen LogP contribution in [0.1, 0.15) is 37.4 Å². The Hall–Kier alpha value is -3.16. The molecule has 1 heterocycles. The maximum absolute atomic E-state index is 12.5. The minimum Gasteiger partial charge on any atom is -0.495 e. The van der Waals surface area contributed by atoms with E-state index in [4.69, 9.17) is 4.74 Å². The predicted octanol–water partition coefficient (Wildman–Crippen LogP) is 2.12. The van der Waals surface area contributed by atoms with Crippen molar-refractivity contribution < 1.29 is 14.3 Å². The fraction of sp³-hybridized carbons (Fsp3) is 0.400. The Bertz CT molecular complexity index is 952. The van der Waals surface area contributed by atoms with Crippen molar-refractivity contribution >= 4 is 23.2 Å². The zero-order valence-electron chi connectivity index (χ0n) is 16.1. The summed E-state index contributed by atoms with van der Waals surface area (Å²) in [6, 6.07) is 6.52. The van der Waals surface area contributed by atoms with Crippen LogP contribution in [0.4, 0.5) is 11.4 Å². The lowest BCUT2D eigenvalue weighted by Crippen LogP contribution is -2.30. The molecule has 1 aliphatic rings. The second kappa shape index (κ2) is 8.69. The smallest absolute Gasteiger partial charge is 0.267 e. The summed E-state index contributed by atoms with van der Waals surface area (Å²) in [5.41, 5.74) is 2.54. The highest BCUT2D eigenvalue weighted by Crippen LogP contribution is 2.28. The van der Waals surface area contributed by atoms with Crippen LogP contribution >= 0.6 is 0 Å². The van der Waals surface area contributed by atoms with Crippen LogP contribution in [0.2, 0.25) is 0 Å². The third-order valence-corrected chi connectivity index (χ3v) is 4.61. The van der Waals surface area contributed by atoms with Crippen molar-refractivity contribution in [1.29, 1.82) is 0 Å². The second-order valence-electron chi connectivity index (χ2n) is 6.82. The molecule has 0 atom stereocenters. The molecule has 0 unspecified atom stereocenters. The molecule has 0 saturated carbocycles. The Morgan fingerprint density at radius 1 is 1.14 bits per heavy atom. The number of methoxy groups -OCH3 is 1. The van der Waals surface area contributed by atoms with Gasteiger partial charge in [-0.3, -0.25) is 14.4 Å². The van der Waals surface area contributed by atoms with Crippen LogP contribution in [0.25, 0.3) is 0 Å². The summed E-state index contributed by atoms with van der Waals surface area (Å²) in [6.07, 6.45) is 4.90. The molecule has 1 aliphatic carbocycles. The molecule has 1 aromatic carbocycles. The van der Waals surface area contributed by atoms with E-state index < -0.39 is 5.91 Å². The lowest BCUT2D eigenvalue weighted by atomic mass is 10.1. The van der Waals surface area contributed by atoms with Crippen LogP contribution in [0.3, 0.4) is 0 Å². The van der Waals surface area contributed by atoms with E-state index in [1.54, 1.807) is 24.3 Å². The number of carbonyl (C=O) groups excluding carboxylic acids is 2. The average molecular weight is 384 g/mol. The van der Waals surface area contributed by atoms with Gasteiger partial charge in [0, 0.05) is 18.7 Å². The van der Waals surface area contributed by atoms with Gasteiger partial charge in [0.2, 0.25) is 11.8 Å². The monoisotopic (exact) mass is 384 g/mol. The van der Waals surface area contributed by atoms with Crippen molar-refractivity contribution in [3.8, 4) is 5.75 Å². The quantitative estimate of drug-likeness (QED) is 0.769. The van der Waals surface area contributed by atoms with Gasteiger partial charge in [-0.2, -0.15) is 5.10 Å². The number of nitrogens with one attached hydrogen (secondary N) is 2. The fourth-order valence-electron chi connectivity index (χ4n) is 3.30. The molecular weight excluding hydrogens is 360 g/mol. The van der Waals surface area contributed by atoms with Gasteiger partial charge in [0.15, 0.2) is 0 Å². The van der Waals surface area contributed by atoms with Gasteiger partial charge in [0.25, 0.3) is 5.56 Å². The number of fused-ring (bicyclic) bond motifs is 1. The maximum Gasteiger partial charge on any atom is 0.267 e. The lowest BCUT2D eigenvalue weighted by molar-refractivity contribution is -0.117. The topological polar surface area (TPSA) is 102 Å². The molecule has 148 valence electrons. The first-order valence-corrected chi connectivity index (χ1v) is 9.31. The summed E-state index contributed by atoms with van der Waals surface area (Å²) >= 11 is 0. The molecule has 0 spiro atoms. The van der Waals surface area contributed by atoms with Gasteiger partial charge in [0.1, 0.15) is 12.3 Å². The Balaban J connectivity index is 1.78. The highest BCUT2D eigenvalue weighted by Gasteiger charge is 2.15. The highest BCUT2D eigenvalue weighted by molar-refractivity contribution is 5.94. The largest absolute Gasteiger partial charge is 0.495 e. The number of ether oxygens (including phenoxy) is 1. The molecule has 0 fully saturated rings. The van der Waals surface area contributed by atoms with Crippen molar-refractivity contribution in [2.45, 2.75) is 45.6 Å². The summed E-state index contributed by atoms with van der Waals surface area (Å²) in [6.45, 7) is 1.21. The van der Waals surface area contributed by atoms with Crippen molar-refractivity contribution in [3.05, 3.63) is 45.9 Å². The molecule has 2 N–H and O–H groups in total. The minimum absolute atomic E-state index is 0.195. The van der Waals surface area contributed by atoms with E-state index in [1.165, 1.54) is 18.7 Å². The number of rotatable bonds is 5. The molecule has 3 rings (SSSR count). The second-order valence-corrected chi connectivity index (χ2v) is 6.82. The molecule has 0 saturated heterocycles. The molecular formula is C20H24N4O4. The standard InChI is InChI=1S/C20H24N4O4/c1-13(25)21-15-8-9-18(28-2)17(11-15)22-19(26)12-24-20(27)10-14-6-4-3-5-7-16(14)23-24/h8-11H,3-7,12H2,1-2H3,(H,21,25)(H,22,26). The first kappa shape index (κ1) is 19.6. The third kappa shape index (κ3) is 4.76. The van der Waals surface area contributed by atoms with Gasteiger partial charge in [-0.05, 0) is 49.4 Å². The molecule has 0 bridgehead atoms. The van der Waals surface area contributed by atoms with Crippen LogP contribution in [0.15, 0.2) is 29.1 Å². The molecule has 1 aromatic heterocycles.